The molecular formula is C54H85F17O7. The Morgan fingerprint density at radius 3 is 0.987 bits per heavy atom. The number of carboxylic acids is 2. The third-order valence-corrected chi connectivity index (χ3v) is 14.1. The van der Waals surface area contributed by atoms with Gasteiger partial charge in [0.2, 0.25) is 6.10 Å². The topological polar surface area (TPSA) is 118 Å². The Bertz CT molecular complexity index is 1660. The first-order chi connectivity index (χ1) is 36.2. The van der Waals surface area contributed by atoms with Crippen molar-refractivity contribution in [2.75, 3.05) is 0 Å². The fourth-order valence-electron chi connectivity index (χ4n) is 9.04. The van der Waals surface area contributed by atoms with Gasteiger partial charge in [0.05, 0.1) is 12.3 Å². The predicted molar refractivity (Wildman–Crippen MR) is 260 cm³/mol. The van der Waals surface area contributed by atoms with E-state index in [0.717, 1.165) is 96.3 Å². The summed E-state index contributed by atoms with van der Waals surface area (Å²) in [5.41, 5.74) is 0. The molecule has 0 aromatic carbocycles. The van der Waals surface area contributed by atoms with E-state index in [2.05, 4.69) is 6.92 Å². The monoisotopic (exact) mass is 1170 g/mol. The van der Waals surface area contributed by atoms with Crippen LogP contribution in [0.25, 0.3) is 0 Å². The summed E-state index contributed by atoms with van der Waals surface area (Å²) in [7, 11) is 0. The van der Waals surface area contributed by atoms with Crippen LogP contribution in [-0.2, 0) is 23.9 Å². The lowest BCUT2D eigenvalue weighted by molar-refractivity contribution is -0.461. The summed E-state index contributed by atoms with van der Waals surface area (Å²) in [4.78, 5) is 48.6. The molecule has 2 N–H and O–H groups in total. The molecule has 0 rings (SSSR count). The van der Waals surface area contributed by atoms with Crippen molar-refractivity contribution in [2.24, 2.45) is 5.92 Å². The normalized spacial score (nSPS) is 14.2. The highest BCUT2D eigenvalue weighted by molar-refractivity contribution is 5.87. The number of carbonyl (C=O) groups excluding carboxylic acids is 2. The Morgan fingerprint density at radius 1 is 0.372 bits per heavy atom. The second-order valence-electron chi connectivity index (χ2n) is 20.9. The molecule has 7 nitrogen and oxygen atoms in total. The SMILES string of the molecule is CCCCCCCCCCCCCCCCCCC(CC(=O)CCCCCCCCCCCCCCCCCCCCC(F)(F)C(F)(F)C(F)(F)C(F)(F)C(F)(F)C(F)(F)C(F)(F)C(F)(F)F)C(=O)OC(CC(=O)O)C(=O)O. The summed E-state index contributed by atoms with van der Waals surface area (Å²) in [5, 5.41) is 18.4. The highest BCUT2D eigenvalue weighted by Gasteiger charge is 2.95. The van der Waals surface area contributed by atoms with E-state index in [1.165, 1.54) is 70.6 Å². The van der Waals surface area contributed by atoms with Crippen molar-refractivity contribution in [3.63, 3.8) is 0 Å². The second kappa shape index (κ2) is 37.1. The molecule has 0 aromatic heterocycles. The summed E-state index contributed by atoms with van der Waals surface area (Å²) in [6, 6.07) is 0. The lowest BCUT2D eigenvalue weighted by Gasteiger charge is -2.42. The third kappa shape index (κ3) is 25.4. The number of Topliss-reactive ketones (excluding diaryl/α,β-unsaturated/α-hetero) is 1. The van der Waals surface area contributed by atoms with Crippen molar-refractivity contribution in [1.82, 2.24) is 0 Å². The molecule has 0 saturated carbocycles. The van der Waals surface area contributed by atoms with Crippen LogP contribution in [0.3, 0.4) is 0 Å². The lowest BCUT2D eigenvalue weighted by Crippen LogP contribution is -2.74. The Kier molecular flexibility index (Phi) is 35.6. The van der Waals surface area contributed by atoms with E-state index in [-0.39, 0.29) is 25.0 Å². The number of halogens is 17. The van der Waals surface area contributed by atoms with Crippen molar-refractivity contribution in [3.8, 4) is 0 Å². The van der Waals surface area contributed by atoms with E-state index < -0.39 is 103 Å². The minimum Gasteiger partial charge on any atom is -0.481 e. The number of aliphatic carboxylic acids is 2. The number of carboxylic acid groups (broad SMARTS) is 2. The van der Waals surface area contributed by atoms with E-state index in [0.29, 0.717) is 38.5 Å². The molecule has 0 saturated heterocycles. The first-order valence-corrected chi connectivity index (χ1v) is 28.1. The van der Waals surface area contributed by atoms with Gasteiger partial charge < -0.3 is 14.9 Å². The maximum atomic E-state index is 14.1. The molecule has 2 unspecified atom stereocenters. The molecule has 0 spiro atoms. The number of ketones is 1. The van der Waals surface area contributed by atoms with Crippen LogP contribution < -0.4 is 0 Å². The minimum absolute atomic E-state index is 0.0396. The molecule has 0 amide bonds. The molecule has 24 heteroatoms. The molecule has 0 aliphatic carbocycles. The van der Waals surface area contributed by atoms with Gasteiger partial charge in [0.25, 0.3) is 0 Å². The maximum absolute atomic E-state index is 14.1. The van der Waals surface area contributed by atoms with Gasteiger partial charge in [-0.3, -0.25) is 14.4 Å². The van der Waals surface area contributed by atoms with E-state index in [4.69, 9.17) is 9.84 Å². The number of hydrogen-bond donors (Lipinski definition) is 2. The highest BCUT2D eigenvalue weighted by atomic mass is 19.4. The molecule has 2 atom stereocenters. The average Bonchev–Trinajstić information content (AvgIpc) is 3.34. The van der Waals surface area contributed by atoms with Gasteiger partial charge in [0.15, 0.2) is 0 Å². The van der Waals surface area contributed by atoms with Gasteiger partial charge in [-0.05, 0) is 19.3 Å². The van der Waals surface area contributed by atoms with Crippen LogP contribution in [0, 0.1) is 5.92 Å². The molecular weight excluding hydrogens is 1080 g/mol. The van der Waals surface area contributed by atoms with E-state index in [1.807, 2.05) is 0 Å². The highest BCUT2D eigenvalue weighted by Crippen LogP contribution is 2.64. The molecule has 0 fully saturated rings. The van der Waals surface area contributed by atoms with Gasteiger partial charge in [-0.1, -0.05) is 212 Å². The zero-order valence-corrected chi connectivity index (χ0v) is 45.1. The molecule has 0 radical (unpaired) electrons. The molecule has 0 aromatic rings. The van der Waals surface area contributed by atoms with Crippen LogP contribution in [0.4, 0.5) is 74.6 Å². The molecule has 0 aliphatic rings. The molecule has 462 valence electrons. The molecule has 78 heavy (non-hydrogen) atoms. The van der Waals surface area contributed by atoms with E-state index in [1.54, 1.807) is 0 Å². The minimum atomic E-state index is -8.61. The predicted octanol–water partition coefficient (Wildman–Crippen LogP) is 19.5. The lowest BCUT2D eigenvalue weighted by atomic mass is 9.87. The zero-order valence-electron chi connectivity index (χ0n) is 45.1. The van der Waals surface area contributed by atoms with Crippen molar-refractivity contribution in [1.29, 1.82) is 0 Å². The van der Waals surface area contributed by atoms with E-state index >= 15 is 0 Å². The van der Waals surface area contributed by atoms with Crippen LogP contribution in [0.15, 0.2) is 0 Å². The van der Waals surface area contributed by atoms with Crippen molar-refractivity contribution in [3.05, 3.63) is 0 Å². The number of unbranched alkanes of at least 4 members (excludes halogenated alkanes) is 32. The smallest absolute Gasteiger partial charge is 0.460 e. The zero-order chi connectivity index (χ0) is 59.7. The first kappa shape index (κ1) is 74.9. The van der Waals surface area contributed by atoms with Crippen LogP contribution in [0.5, 0.6) is 0 Å². The summed E-state index contributed by atoms with van der Waals surface area (Å²) >= 11 is 0. The molecule has 0 heterocycles. The number of alkyl halides is 17. The quantitative estimate of drug-likeness (QED) is 0.0354. The van der Waals surface area contributed by atoms with Crippen molar-refractivity contribution in [2.45, 2.75) is 311 Å². The fourth-order valence-corrected chi connectivity index (χ4v) is 9.04. The van der Waals surface area contributed by atoms with Gasteiger partial charge in [0, 0.05) is 19.3 Å². The molecule has 0 bridgehead atoms. The number of carbonyl (C=O) groups is 4. The van der Waals surface area contributed by atoms with Gasteiger partial charge >= 0.3 is 65.5 Å². The van der Waals surface area contributed by atoms with Gasteiger partial charge in [-0.15, -0.1) is 0 Å². The van der Waals surface area contributed by atoms with Crippen molar-refractivity contribution < 1.29 is 109 Å². The van der Waals surface area contributed by atoms with Crippen LogP contribution in [0.2, 0.25) is 0 Å². The molecule has 0 aliphatic heterocycles. The Hall–Kier alpha value is -3.11. The largest absolute Gasteiger partial charge is 0.481 e. The summed E-state index contributed by atoms with van der Waals surface area (Å²) < 4.78 is 234. The number of ether oxygens (including phenoxy) is 1. The first-order valence-electron chi connectivity index (χ1n) is 28.1. The van der Waals surface area contributed by atoms with Crippen LogP contribution in [0.1, 0.15) is 257 Å². The number of hydrogen-bond acceptors (Lipinski definition) is 5. The second-order valence-corrected chi connectivity index (χ2v) is 20.9. The maximum Gasteiger partial charge on any atom is 0.460 e. The fraction of sp³-hybridized carbons (Fsp3) is 0.926. The van der Waals surface area contributed by atoms with Gasteiger partial charge in [0.1, 0.15) is 5.78 Å². The summed E-state index contributed by atoms with van der Waals surface area (Å²) in [5.74, 6) is -60.9. The number of rotatable bonds is 51. The van der Waals surface area contributed by atoms with Crippen LogP contribution >= 0.6 is 0 Å². The summed E-state index contributed by atoms with van der Waals surface area (Å²) in [6.07, 6.45) is 17.1. The average molecular weight is 1170 g/mol. The standard InChI is InChI=1S/C54H85F17O7/c1-2-3-4-5-6-7-8-9-10-15-18-21-24-27-30-33-36-41(46(77)78-43(45(75)76)40-44(73)74)39-42(72)37-34-31-28-25-22-19-16-13-11-12-14-17-20-23-26-29-32-35-38-47(55,56)48(57,58)49(59,60)50(61,62)51(63,64)52(65,66)53(67,68)54(69,70)71/h41,43H,2-40H2,1H3,(H,73,74)(H,75,76). The van der Waals surface area contributed by atoms with Gasteiger partial charge in [-0.2, -0.15) is 74.6 Å². The van der Waals surface area contributed by atoms with Gasteiger partial charge in [-0.25, -0.2) is 4.79 Å². The third-order valence-electron chi connectivity index (χ3n) is 14.1. The summed E-state index contributed by atoms with van der Waals surface area (Å²) in [6.45, 7) is 2.22. The Balaban J connectivity index is 4.41. The van der Waals surface area contributed by atoms with E-state index in [9.17, 15) is 98.9 Å². The Morgan fingerprint density at radius 2 is 0.667 bits per heavy atom. The number of esters is 1. The van der Waals surface area contributed by atoms with Crippen LogP contribution in [-0.4, -0.2) is 87.6 Å². The van der Waals surface area contributed by atoms with Crippen molar-refractivity contribution >= 4 is 23.7 Å². The Labute approximate surface area is 448 Å².